The van der Waals surface area contributed by atoms with Crippen molar-refractivity contribution in [2.24, 2.45) is 0 Å². The molecule has 0 fully saturated rings. The number of aromatic nitrogens is 5. The molecule has 4 N–H and O–H groups in total. The average molecular weight is 726 g/mol. The fraction of sp³-hybridized carbons (Fsp3) is 0.0278. The average Bonchev–Trinajstić information content (AvgIpc) is 3.87. The van der Waals surface area contributed by atoms with E-state index in [0.29, 0.717) is 32.5 Å². The highest BCUT2D eigenvalue weighted by molar-refractivity contribution is 8.00. The summed E-state index contributed by atoms with van der Waals surface area (Å²) in [4.78, 5) is 21.2. The predicted molar refractivity (Wildman–Crippen MR) is 195 cm³/mol. The highest BCUT2D eigenvalue weighted by atomic mass is 35.5. The van der Waals surface area contributed by atoms with Gasteiger partial charge in [-0.25, -0.2) is 23.0 Å². The van der Waals surface area contributed by atoms with Crippen molar-refractivity contribution in [1.82, 2.24) is 24.9 Å². The Bertz CT molecular complexity index is 2470. The highest BCUT2D eigenvalue weighted by Gasteiger charge is 2.13. The highest BCUT2D eigenvalue weighted by Crippen LogP contribution is 2.30. The van der Waals surface area contributed by atoms with Gasteiger partial charge in [-0.3, -0.25) is 9.71 Å². The van der Waals surface area contributed by atoms with Crippen molar-refractivity contribution in [1.29, 1.82) is 0 Å². The van der Waals surface area contributed by atoms with E-state index in [1.54, 1.807) is 24.4 Å². The molecule has 4 aromatic carbocycles. The minimum Gasteiger partial charge on any atom is -0.458 e. The van der Waals surface area contributed by atoms with Crippen LogP contribution in [0.15, 0.2) is 130 Å². The summed E-state index contributed by atoms with van der Waals surface area (Å²) in [5.74, 6) is 1.44. The van der Waals surface area contributed by atoms with Crippen molar-refractivity contribution in [2.45, 2.75) is 16.7 Å². The number of para-hydroxylation sites is 1. The van der Waals surface area contributed by atoms with Gasteiger partial charge in [0, 0.05) is 17.2 Å². The van der Waals surface area contributed by atoms with E-state index < -0.39 is 22.6 Å². The van der Waals surface area contributed by atoms with Crippen LogP contribution in [0.2, 0.25) is 5.02 Å². The van der Waals surface area contributed by atoms with E-state index in [2.05, 4.69) is 40.4 Å². The molecule has 0 aliphatic rings. The molecule has 0 aliphatic carbocycles. The lowest BCUT2D eigenvalue weighted by Crippen LogP contribution is -2.06. The molecule has 0 saturated carbocycles. The molecule has 0 saturated heterocycles. The van der Waals surface area contributed by atoms with Gasteiger partial charge in [0.15, 0.2) is 17.4 Å². The number of anilines is 2. The number of aromatic amines is 2. The molecule has 50 heavy (non-hydrogen) atoms. The number of hydrogen-bond donors (Lipinski definition) is 4. The molecule has 1 atom stereocenters. The van der Waals surface area contributed by atoms with Crippen LogP contribution in [0.3, 0.4) is 0 Å². The Labute approximate surface area is 296 Å². The number of H-pyrrole nitrogens is 2. The Morgan fingerprint density at radius 2 is 1.56 bits per heavy atom. The van der Waals surface area contributed by atoms with Gasteiger partial charge in [-0.15, -0.1) is 0 Å². The zero-order valence-electron chi connectivity index (χ0n) is 26.1. The Kier molecular flexibility index (Phi) is 9.60. The zero-order valence-corrected chi connectivity index (χ0v) is 28.5. The molecule has 1 unspecified atom stereocenters. The quantitative estimate of drug-likeness (QED) is 0.115. The summed E-state index contributed by atoms with van der Waals surface area (Å²) in [7, 11) is -1.72. The largest absolute Gasteiger partial charge is 0.458 e. The number of benzene rings is 4. The SMILES string of the molecule is Cc1ccc(-c2nc3ccc(SNc4ccccc4Cl)cc3[nH]2)o1.O=S(Nc1ccc(F)cc1F)c1ccc2nc(-c3ccccn3)[nH]c2c1. The maximum absolute atomic E-state index is 13.7. The fourth-order valence-corrected chi connectivity index (χ4v) is 6.71. The van der Waals surface area contributed by atoms with Crippen LogP contribution in [0.1, 0.15) is 5.76 Å². The number of fused-ring (bicyclic) bond motifs is 2. The lowest BCUT2D eigenvalue weighted by Gasteiger charge is -2.07. The number of nitrogens with one attached hydrogen (secondary N) is 4. The van der Waals surface area contributed by atoms with Gasteiger partial charge in [-0.2, -0.15) is 0 Å². The molecule has 0 bridgehead atoms. The van der Waals surface area contributed by atoms with Crippen molar-refractivity contribution < 1.29 is 17.4 Å². The zero-order chi connectivity index (χ0) is 34.6. The molecule has 0 spiro atoms. The van der Waals surface area contributed by atoms with Gasteiger partial charge in [-0.05, 0) is 104 Å². The summed E-state index contributed by atoms with van der Waals surface area (Å²) in [5, 5.41) is 0.697. The van der Waals surface area contributed by atoms with Crippen LogP contribution in [-0.2, 0) is 11.0 Å². The molecule has 0 radical (unpaired) electrons. The first-order valence-electron chi connectivity index (χ1n) is 15.1. The Balaban J connectivity index is 0.000000157. The molecule has 250 valence electrons. The number of furan rings is 1. The summed E-state index contributed by atoms with van der Waals surface area (Å²) in [6.07, 6.45) is 1.67. The second kappa shape index (κ2) is 14.5. The van der Waals surface area contributed by atoms with Crippen LogP contribution in [0.5, 0.6) is 0 Å². The number of halogens is 3. The standard InChI is InChI=1S/C18H14ClN3OS.C18H12F2N4OS/c1-11-6-9-17(23-11)18-20-15-8-7-12(10-16(15)21-18)24-22-14-5-3-2-4-13(14)19;19-11-4-6-14(13(20)9-11)24-26(25)12-5-7-15-17(10-12)23-18(22-15)16-3-1-2-8-21-16/h2-10,22H,1H3,(H,20,21);1-10,24H,(H,22,23). The number of aryl methyl sites for hydroxylation is 1. The van der Waals surface area contributed by atoms with E-state index in [4.69, 9.17) is 16.0 Å². The van der Waals surface area contributed by atoms with Crippen molar-refractivity contribution in [3.8, 4) is 23.1 Å². The van der Waals surface area contributed by atoms with Gasteiger partial charge in [0.05, 0.1) is 43.4 Å². The third kappa shape index (κ3) is 7.54. The van der Waals surface area contributed by atoms with Crippen molar-refractivity contribution >= 4 is 68.0 Å². The smallest absolute Gasteiger partial charge is 0.174 e. The third-order valence-corrected chi connectivity index (χ3v) is 9.52. The third-order valence-electron chi connectivity index (χ3n) is 7.29. The molecule has 8 rings (SSSR count). The van der Waals surface area contributed by atoms with Gasteiger partial charge in [0.2, 0.25) is 0 Å². The summed E-state index contributed by atoms with van der Waals surface area (Å²) >= 11 is 7.66. The maximum atomic E-state index is 13.7. The van der Waals surface area contributed by atoms with Gasteiger partial charge in [0.1, 0.15) is 34.1 Å². The lowest BCUT2D eigenvalue weighted by atomic mass is 10.3. The first-order valence-corrected chi connectivity index (χ1v) is 17.4. The van der Waals surface area contributed by atoms with E-state index >= 15 is 0 Å². The molecule has 0 aliphatic heterocycles. The summed E-state index contributed by atoms with van der Waals surface area (Å²) < 4.78 is 50.6. The molecule has 0 amide bonds. The van der Waals surface area contributed by atoms with E-state index in [9.17, 15) is 13.0 Å². The second-order valence-electron chi connectivity index (χ2n) is 10.8. The number of nitrogens with zero attached hydrogens (tertiary/aromatic N) is 3. The topological polar surface area (TPSA) is 125 Å². The van der Waals surface area contributed by atoms with Gasteiger partial charge < -0.3 is 19.1 Å². The van der Waals surface area contributed by atoms with Crippen LogP contribution < -0.4 is 9.44 Å². The second-order valence-corrected chi connectivity index (χ2v) is 13.3. The minimum atomic E-state index is -1.72. The van der Waals surface area contributed by atoms with Gasteiger partial charge >= 0.3 is 0 Å². The summed E-state index contributed by atoms with van der Waals surface area (Å²) in [5.41, 5.74) is 4.78. The number of hydrogen-bond acceptors (Lipinski definition) is 7. The molecule has 8 aromatic rings. The van der Waals surface area contributed by atoms with E-state index in [1.165, 1.54) is 18.0 Å². The Morgan fingerprint density at radius 3 is 2.32 bits per heavy atom. The summed E-state index contributed by atoms with van der Waals surface area (Å²) in [6, 6.07) is 31.1. The number of rotatable bonds is 8. The minimum absolute atomic E-state index is 0.0383. The van der Waals surface area contributed by atoms with E-state index in [-0.39, 0.29) is 5.69 Å². The first kappa shape index (κ1) is 33.0. The predicted octanol–water partition coefficient (Wildman–Crippen LogP) is 9.94. The molecule has 9 nitrogen and oxygen atoms in total. The normalized spacial score (nSPS) is 11.7. The monoisotopic (exact) mass is 725 g/mol. The summed E-state index contributed by atoms with van der Waals surface area (Å²) in [6.45, 7) is 1.92. The number of pyridine rings is 1. The van der Waals surface area contributed by atoms with Crippen LogP contribution in [-0.4, -0.2) is 29.1 Å². The Hall–Kier alpha value is -5.50. The molecular weight excluding hydrogens is 700 g/mol. The van der Waals surface area contributed by atoms with Crippen molar-refractivity contribution in [3.63, 3.8) is 0 Å². The maximum Gasteiger partial charge on any atom is 0.174 e. The molecule has 4 aromatic heterocycles. The fourth-order valence-electron chi connectivity index (χ4n) is 4.85. The van der Waals surface area contributed by atoms with Crippen molar-refractivity contribution in [2.75, 3.05) is 9.44 Å². The van der Waals surface area contributed by atoms with Crippen LogP contribution in [0.25, 0.3) is 45.2 Å². The molecule has 4 heterocycles. The van der Waals surface area contributed by atoms with Crippen LogP contribution in [0.4, 0.5) is 20.2 Å². The lowest BCUT2D eigenvalue weighted by molar-refractivity contribution is 0.545. The first-order chi connectivity index (χ1) is 24.3. The van der Waals surface area contributed by atoms with Crippen molar-refractivity contribution in [3.05, 3.63) is 138 Å². The van der Waals surface area contributed by atoms with E-state index in [0.717, 1.165) is 51.1 Å². The van der Waals surface area contributed by atoms with Crippen LogP contribution >= 0.6 is 23.5 Å². The van der Waals surface area contributed by atoms with Crippen LogP contribution in [0, 0.1) is 18.6 Å². The molecule has 14 heteroatoms. The van der Waals surface area contributed by atoms with E-state index in [1.807, 2.05) is 73.7 Å². The number of imidazole rings is 2. The van der Waals surface area contributed by atoms with Gasteiger partial charge in [-0.1, -0.05) is 29.8 Å². The van der Waals surface area contributed by atoms with Gasteiger partial charge in [0.25, 0.3) is 0 Å². The molecular formula is C36H26ClF2N7O2S2. The Morgan fingerprint density at radius 1 is 0.800 bits per heavy atom.